The molecule has 2 saturated heterocycles. The molecule has 8 nitrogen and oxygen atoms in total. The lowest BCUT2D eigenvalue weighted by Gasteiger charge is -2.49. The molecule has 0 spiro atoms. The fourth-order valence-electron chi connectivity index (χ4n) is 8.25. The largest absolute Gasteiger partial charge is 0.463 e. The molecule has 8 rings (SSSR count). The van der Waals surface area contributed by atoms with E-state index in [9.17, 15) is 5.11 Å². The van der Waals surface area contributed by atoms with Crippen LogP contribution in [0.25, 0.3) is 10.9 Å². The molecule has 3 fully saturated rings. The van der Waals surface area contributed by atoms with Crippen molar-refractivity contribution in [3.63, 3.8) is 0 Å². The first kappa shape index (κ1) is 34.0. The van der Waals surface area contributed by atoms with Crippen LogP contribution in [-0.4, -0.2) is 87.9 Å². The van der Waals surface area contributed by atoms with E-state index in [-0.39, 0.29) is 22.1 Å². The minimum Gasteiger partial charge on any atom is -0.463 e. The molecule has 1 aliphatic carbocycles. The number of hydrogen-bond donors (Lipinski definition) is 1. The lowest BCUT2D eigenvalue weighted by atomic mass is 9.75. The molecule has 10 heteroatoms. The second kappa shape index (κ2) is 13.8. The normalized spacial score (nSPS) is 21.1. The van der Waals surface area contributed by atoms with Crippen LogP contribution >= 0.6 is 11.6 Å². The molecule has 5 aromatic rings. The highest BCUT2D eigenvalue weighted by Crippen LogP contribution is 2.48. The minimum absolute atomic E-state index is 0.0146. The maximum absolute atomic E-state index is 15.3. The van der Waals surface area contributed by atoms with Gasteiger partial charge in [-0.05, 0) is 49.3 Å². The van der Waals surface area contributed by atoms with E-state index < -0.39 is 17.0 Å². The first-order chi connectivity index (χ1) is 24.8. The zero-order valence-electron chi connectivity index (χ0n) is 29.0. The number of piperidine rings is 1. The van der Waals surface area contributed by atoms with E-state index in [1.54, 1.807) is 0 Å². The first-order valence-corrected chi connectivity index (χ1v) is 18.4. The molecule has 0 amide bonds. The van der Waals surface area contributed by atoms with Gasteiger partial charge < -0.3 is 19.6 Å². The number of ether oxygens (including phenoxy) is 1. The van der Waals surface area contributed by atoms with Crippen molar-refractivity contribution in [2.75, 3.05) is 57.3 Å². The highest BCUT2D eigenvalue weighted by Gasteiger charge is 2.47. The van der Waals surface area contributed by atoms with E-state index in [4.69, 9.17) is 21.3 Å². The maximum Gasteiger partial charge on any atom is 0.319 e. The molecular weight excluding hydrogens is 663 g/mol. The number of anilines is 1. The van der Waals surface area contributed by atoms with Crippen LogP contribution in [0.5, 0.6) is 6.01 Å². The smallest absolute Gasteiger partial charge is 0.319 e. The highest BCUT2D eigenvalue weighted by atomic mass is 35.5. The van der Waals surface area contributed by atoms with Gasteiger partial charge in [0.15, 0.2) is 11.0 Å². The van der Waals surface area contributed by atoms with Gasteiger partial charge in [0, 0.05) is 57.4 Å². The first-order valence-electron chi connectivity index (χ1n) is 18.0. The Balaban J connectivity index is 1.01. The Morgan fingerprint density at radius 2 is 1.41 bits per heavy atom. The van der Waals surface area contributed by atoms with Gasteiger partial charge in [-0.2, -0.15) is 9.97 Å². The van der Waals surface area contributed by atoms with Crippen LogP contribution in [0.1, 0.15) is 49.3 Å². The van der Waals surface area contributed by atoms with Crippen LogP contribution in [0.3, 0.4) is 0 Å². The second-order valence-electron chi connectivity index (χ2n) is 14.8. The zero-order chi connectivity index (χ0) is 35.1. The van der Waals surface area contributed by atoms with E-state index in [2.05, 4.69) is 111 Å². The fraction of sp³-hybridized carbons (Fsp3) is 0.390. The number of piperazine rings is 1. The topological polar surface area (TPSA) is 77.9 Å². The number of β-amino-alcohol motifs (C(OH)–C–C–N with tert-alkyl or cyclic N) is 1. The summed E-state index contributed by atoms with van der Waals surface area (Å²) in [6.45, 7) is 7.89. The van der Waals surface area contributed by atoms with Crippen molar-refractivity contribution in [1.82, 2.24) is 24.8 Å². The van der Waals surface area contributed by atoms with Gasteiger partial charge in [-0.1, -0.05) is 103 Å². The molecule has 3 aromatic carbocycles. The molecule has 1 atom stereocenters. The fourth-order valence-corrected chi connectivity index (χ4v) is 8.39. The van der Waals surface area contributed by atoms with E-state index in [1.807, 2.05) is 11.8 Å². The number of halogens is 2. The number of fused-ring (bicyclic) bond motifs is 1. The van der Waals surface area contributed by atoms with Crippen molar-refractivity contribution < 1.29 is 14.2 Å². The number of benzene rings is 3. The number of aromatic nitrogens is 3. The van der Waals surface area contributed by atoms with Gasteiger partial charge in [-0.15, -0.1) is 0 Å². The summed E-state index contributed by atoms with van der Waals surface area (Å²) in [7, 11) is 0. The molecule has 2 aromatic heterocycles. The predicted molar refractivity (Wildman–Crippen MR) is 199 cm³/mol. The lowest BCUT2D eigenvalue weighted by Crippen LogP contribution is -2.57. The summed E-state index contributed by atoms with van der Waals surface area (Å²) in [6.07, 6.45) is 5.09. The van der Waals surface area contributed by atoms with Gasteiger partial charge in [0.25, 0.3) is 0 Å². The quantitative estimate of drug-likeness (QED) is 0.124. The van der Waals surface area contributed by atoms with Crippen molar-refractivity contribution in [2.24, 2.45) is 5.41 Å². The molecule has 3 aliphatic rings. The Bertz CT molecular complexity index is 1870. The second-order valence-corrected chi connectivity index (χ2v) is 15.2. The summed E-state index contributed by atoms with van der Waals surface area (Å²) >= 11 is 6.08. The standard InChI is InChI=1S/C41H44ClFN6O2/c1-39(50)18-11-21-48(27-39)37-33-26-44-36(42)34(43)35(33)45-38(46-37)51-29-40(19-20-40)28-47-22-24-49(25-23-47)41(30-12-5-2-6-13-30,31-14-7-3-8-15-31)32-16-9-4-10-17-32/h2-10,12-17,26,50H,11,18-25,27-29H2,1H3/t39-/m1/s1. The Morgan fingerprint density at radius 1 is 0.824 bits per heavy atom. The Hall–Kier alpha value is -4.15. The van der Waals surface area contributed by atoms with Gasteiger partial charge in [0.05, 0.1) is 23.1 Å². The van der Waals surface area contributed by atoms with E-state index >= 15 is 4.39 Å². The molecule has 264 valence electrons. The van der Waals surface area contributed by atoms with Gasteiger partial charge in [0.2, 0.25) is 0 Å². The maximum atomic E-state index is 15.3. The summed E-state index contributed by atoms with van der Waals surface area (Å²) in [5.41, 5.74) is 2.56. The van der Waals surface area contributed by atoms with Crippen LogP contribution in [-0.2, 0) is 5.54 Å². The molecule has 0 unspecified atom stereocenters. The van der Waals surface area contributed by atoms with Gasteiger partial charge in [-0.25, -0.2) is 9.37 Å². The number of rotatable bonds is 10. The molecule has 0 bridgehead atoms. The predicted octanol–water partition coefficient (Wildman–Crippen LogP) is 6.94. The van der Waals surface area contributed by atoms with Crippen molar-refractivity contribution in [3.8, 4) is 6.01 Å². The molecule has 1 N–H and O–H groups in total. The Labute approximate surface area is 303 Å². The summed E-state index contributed by atoms with van der Waals surface area (Å²) < 4.78 is 21.6. The number of nitrogens with zero attached hydrogens (tertiary/aromatic N) is 6. The number of aliphatic hydroxyl groups is 1. The molecule has 0 radical (unpaired) electrons. The molecule has 1 saturated carbocycles. The summed E-state index contributed by atoms with van der Waals surface area (Å²) in [4.78, 5) is 20.5. The number of hydrogen-bond acceptors (Lipinski definition) is 8. The third-order valence-electron chi connectivity index (χ3n) is 11.0. The van der Waals surface area contributed by atoms with Crippen LogP contribution < -0.4 is 9.64 Å². The SMILES string of the molecule is C[C@@]1(O)CCCN(c2nc(OCC3(CN4CCN(C(c5ccccc5)(c5ccccc5)c5ccccc5)CC4)CC3)nc3c(F)c(Cl)ncc23)C1. The molecule has 4 heterocycles. The third-order valence-corrected chi connectivity index (χ3v) is 11.3. The van der Waals surface area contributed by atoms with Crippen LogP contribution in [0.15, 0.2) is 97.2 Å². The van der Waals surface area contributed by atoms with Crippen molar-refractivity contribution in [3.05, 3.63) is 125 Å². The van der Waals surface area contributed by atoms with E-state index in [1.165, 1.54) is 22.9 Å². The summed E-state index contributed by atoms with van der Waals surface area (Å²) in [5.74, 6) is -0.180. The lowest BCUT2D eigenvalue weighted by molar-refractivity contribution is 0.0447. The van der Waals surface area contributed by atoms with Crippen LogP contribution in [0, 0.1) is 11.2 Å². The Kier molecular flexibility index (Phi) is 9.17. The average molecular weight is 707 g/mol. The van der Waals surface area contributed by atoms with Crippen LogP contribution in [0.2, 0.25) is 5.15 Å². The zero-order valence-corrected chi connectivity index (χ0v) is 29.8. The summed E-state index contributed by atoms with van der Waals surface area (Å²) in [6, 6.07) is 32.8. The Morgan fingerprint density at radius 3 is 1.96 bits per heavy atom. The summed E-state index contributed by atoms with van der Waals surface area (Å²) in [5, 5.41) is 11.0. The molecule has 51 heavy (non-hydrogen) atoms. The van der Waals surface area contributed by atoms with Crippen LogP contribution in [0.4, 0.5) is 10.2 Å². The molecule has 2 aliphatic heterocycles. The van der Waals surface area contributed by atoms with Gasteiger partial charge in [0.1, 0.15) is 11.3 Å². The third kappa shape index (κ3) is 6.68. The average Bonchev–Trinajstić information content (AvgIpc) is 3.93. The van der Waals surface area contributed by atoms with Crippen molar-refractivity contribution in [2.45, 2.75) is 43.7 Å². The van der Waals surface area contributed by atoms with Crippen molar-refractivity contribution in [1.29, 1.82) is 0 Å². The highest BCUT2D eigenvalue weighted by molar-refractivity contribution is 6.30. The van der Waals surface area contributed by atoms with E-state index in [0.717, 1.165) is 52.0 Å². The monoisotopic (exact) mass is 706 g/mol. The minimum atomic E-state index is -0.875. The van der Waals surface area contributed by atoms with Crippen molar-refractivity contribution >= 4 is 28.3 Å². The van der Waals surface area contributed by atoms with Gasteiger partial charge >= 0.3 is 6.01 Å². The number of pyridine rings is 1. The molecular formula is C41H44ClFN6O2. The van der Waals surface area contributed by atoms with Gasteiger partial charge in [-0.3, -0.25) is 4.90 Å². The van der Waals surface area contributed by atoms with E-state index in [0.29, 0.717) is 37.3 Å².